The van der Waals surface area contributed by atoms with Crippen molar-refractivity contribution >= 4 is 28.5 Å². The van der Waals surface area contributed by atoms with Crippen LogP contribution in [0.1, 0.15) is 18.1 Å². The first-order valence-corrected chi connectivity index (χ1v) is 11.0. The summed E-state index contributed by atoms with van der Waals surface area (Å²) in [5.74, 6) is 1.55. The van der Waals surface area contributed by atoms with E-state index in [1.807, 2.05) is 31.3 Å². The van der Waals surface area contributed by atoms with Crippen molar-refractivity contribution in [2.75, 3.05) is 43.4 Å². The Morgan fingerprint density at radius 3 is 2.61 bits per heavy atom. The molecule has 0 bridgehead atoms. The maximum atomic E-state index is 11.6. The van der Waals surface area contributed by atoms with E-state index in [1.165, 1.54) is 0 Å². The highest BCUT2D eigenvalue weighted by atomic mass is 16.1. The maximum absolute atomic E-state index is 11.6. The zero-order valence-electron chi connectivity index (χ0n) is 19.1. The van der Waals surface area contributed by atoms with Crippen molar-refractivity contribution < 1.29 is 0 Å². The number of imidazole rings is 1. The van der Waals surface area contributed by atoms with E-state index in [2.05, 4.69) is 55.4 Å². The molecule has 172 valence electrons. The lowest BCUT2D eigenvalue weighted by atomic mass is 9.92. The number of pyridine rings is 1. The minimum atomic E-state index is -0.978. The lowest BCUT2D eigenvalue weighted by molar-refractivity contribution is 0.312. The number of likely N-dealkylation sites (N-methyl/N-ethyl adjacent to an activating group) is 1. The van der Waals surface area contributed by atoms with Gasteiger partial charge in [0, 0.05) is 32.4 Å². The number of aromatic amines is 2. The fourth-order valence-corrected chi connectivity index (χ4v) is 4.34. The largest absolute Gasteiger partial charge is 0.354 e. The van der Waals surface area contributed by atoms with E-state index in [1.54, 1.807) is 6.20 Å². The lowest BCUT2D eigenvalue weighted by Crippen LogP contribution is -2.57. The molecule has 5 rings (SSSR count). The normalized spacial score (nSPS) is 21.5. The third kappa shape index (κ3) is 3.98. The Morgan fingerprint density at radius 2 is 1.85 bits per heavy atom. The fourth-order valence-electron chi connectivity index (χ4n) is 4.34. The summed E-state index contributed by atoms with van der Waals surface area (Å²) in [7, 11) is 2.14. The zero-order chi connectivity index (χ0) is 23.2. The van der Waals surface area contributed by atoms with Crippen LogP contribution in [0.5, 0.6) is 0 Å². The number of rotatable bonds is 3. The van der Waals surface area contributed by atoms with Crippen molar-refractivity contribution in [2.24, 2.45) is 10.7 Å². The molecule has 33 heavy (non-hydrogen) atoms. The van der Waals surface area contributed by atoms with Crippen molar-refractivity contribution in [2.45, 2.75) is 19.5 Å². The standard InChI is InChI=1S/C23H29N9O/c1-14-10-17(13-25-20(14)32-8-6-31(3)7-9-32)27-21-26-12-15(2)23(24,30-21)16-4-5-18-19(11-16)29-22(33)28-18/h4-5,10-13H,6-9,24H2,1-3H3,(H2,26,27,30)(H2,28,29,33). The van der Waals surface area contributed by atoms with Crippen molar-refractivity contribution in [3.05, 3.63) is 63.8 Å². The molecule has 6 N–H and O–H groups in total. The van der Waals surface area contributed by atoms with Gasteiger partial charge in [-0.15, -0.1) is 0 Å². The first-order chi connectivity index (χ1) is 15.8. The van der Waals surface area contributed by atoms with Crippen LogP contribution in [0.3, 0.4) is 0 Å². The van der Waals surface area contributed by atoms with E-state index in [0.29, 0.717) is 11.5 Å². The molecule has 1 fully saturated rings. The summed E-state index contributed by atoms with van der Waals surface area (Å²) in [6.45, 7) is 8.02. The molecule has 1 atom stereocenters. The van der Waals surface area contributed by atoms with Crippen LogP contribution in [-0.4, -0.2) is 59.0 Å². The van der Waals surface area contributed by atoms with Crippen LogP contribution in [0.2, 0.25) is 0 Å². The predicted molar refractivity (Wildman–Crippen MR) is 131 cm³/mol. The molecule has 0 radical (unpaired) electrons. The molecule has 2 aromatic heterocycles. The first-order valence-electron chi connectivity index (χ1n) is 11.0. The van der Waals surface area contributed by atoms with Crippen molar-refractivity contribution in [3.63, 3.8) is 0 Å². The molecule has 0 spiro atoms. The smallest absolute Gasteiger partial charge is 0.323 e. The van der Waals surface area contributed by atoms with E-state index < -0.39 is 5.66 Å². The van der Waals surface area contributed by atoms with Gasteiger partial charge in [-0.3, -0.25) is 0 Å². The molecule has 10 nitrogen and oxygen atoms in total. The van der Waals surface area contributed by atoms with E-state index in [9.17, 15) is 4.79 Å². The number of guanidine groups is 1. The highest BCUT2D eigenvalue weighted by Gasteiger charge is 2.33. The molecular formula is C23H29N9O. The average Bonchev–Trinajstić information content (AvgIpc) is 3.16. The second-order valence-electron chi connectivity index (χ2n) is 8.84. The third-order valence-corrected chi connectivity index (χ3v) is 6.41. The molecule has 3 aromatic rings. The summed E-state index contributed by atoms with van der Waals surface area (Å²) in [6.07, 6.45) is 3.58. The summed E-state index contributed by atoms with van der Waals surface area (Å²) in [4.78, 5) is 31.0. The number of anilines is 2. The Balaban J connectivity index is 1.36. The minimum Gasteiger partial charge on any atom is -0.354 e. The third-order valence-electron chi connectivity index (χ3n) is 6.41. The molecule has 10 heteroatoms. The number of fused-ring (bicyclic) bond motifs is 1. The molecule has 4 heterocycles. The highest BCUT2D eigenvalue weighted by Crippen LogP contribution is 2.28. The van der Waals surface area contributed by atoms with Crippen LogP contribution in [-0.2, 0) is 5.66 Å². The minimum absolute atomic E-state index is 0.246. The molecule has 2 aliphatic heterocycles. The molecule has 1 saturated heterocycles. The number of benzene rings is 1. The quantitative estimate of drug-likeness (QED) is 0.410. The van der Waals surface area contributed by atoms with Gasteiger partial charge in [0.2, 0.25) is 5.96 Å². The summed E-state index contributed by atoms with van der Waals surface area (Å²) in [6, 6.07) is 7.69. The Morgan fingerprint density at radius 1 is 1.09 bits per heavy atom. The van der Waals surface area contributed by atoms with Crippen molar-refractivity contribution in [1.82, 2.24) is 25.2 Å². The molecular weight excluding hydrogens is 418 g/mol. The summed E-state index contributed by atoms with van der Waals surface area (Å²) < 4.78 is 0. The number of H-pyrrole nitrogens is 2. The Labute approximate surface area is 191 Å². The summed E-state index contributed by atoms with van der Waals surface area (Å²) in [5, 5.41) is 6.63. The second kappa shape index (κ2) is 8.05. The summed E-state index contributed by atoms with van der Waals surface area (Å²) in [5.41, 5.74) is 10.6. The molecule has 0 amide bonds. The van der Waals surface area contributed by atoms with E-state index in [4.69, 9.17) is 10.7 Å². The van der Waals surface area contributed by atoms with Crippen molar-refractivity contribution in [1.29, 1.82) is 0 Å². The molecule has 1 aromatic carbocycles. The topological polar surface area (TPSA) is 130 Å². The SMILES string of the molecule is CC1=CN=C(Nc2cnc(N3CCN(C)CC3)c(C)c2)NC1(N)c1ccc2[nH]c(=O)[nH]c2c1. The first kappa shape index (κ1) is 21.2. The van der Waals surface area contributed by atoms with Crippen molar-refractivity contribution in [3.8, 4) is 0 Å². The van der Waals surface area contributed by atoms with Crippen LogP contribution in [0.25, 0.3) is 11.0 Å². The van der Waals surface area contributed by atoms with E-state index >= 15 is 0 Å². The van der Waals surface area contributed by atoms with Crippen LogP contribution in [0.4, 0.5) is 11.5 Å². The second-order valence-corrected chi connectivity index (χ2v) is 8.84. The lowest BCUT2D eigenvalue weighted by Gasteiger charge is -2.36. The average molecular weight is 448 g/mol. The predicted octanol–water partition coefficient (Wildman–Crippen LogP) is 1.40. The van der Waals surface area contributed by atoms with Gasteiger partial charge in [-0.2, -0.15) is 0 Å². The van der Waals surface area contributed by atoms with Gasteiger partial charge in [-0.1, -0.05) is 6.07 Å². The zero-order valence-corrected chi connectivity index (χ0v) is 19.1. The van der Waals surface area contributed by atoms with Crippen LogP contribution in [0, 0.1) is 6.92 Å². The van der Waals surface area contributed by atoms with Gasteiger partial charge in [0.25, 0.3) is 0 Å². The van der Waals surface area contributed by atoms with Gasteiger partial charge in [-0.25, -0.2) is 14.8 Å². The molecule has 1 unspecified atom stereocenters. The number of aryl methyl sites for hydroxylation is 1. The number of piperazine rings is 1. The van der Waals surface area contributed by atoms with Gasteiger partial charge in [0.05, 0.1) is 22.9 Å². The summed E-state index contributed by atoms with van der Waals surface area (Å²) >= 11 is 0. The fraction of sp³-hybridized carbons (Fsp3) is 0.348. The highest BCUT2D eigenvalue weighted by molar-refractivity contribution is 5.95. The van der Waals surface area contributed by atoms with Gasteiger partial charge < -0.3 is 36.1 Å². The molecule has 2 aliphatic rings. The number of nitrogens with two attached hydrogens (primary N) is 1. The Hall–Kier alpha value is -3.63. The van der Waals surface area contributed by atoms with Gasteiger partial charge in [0.15, 0.2) is 0 Å². The van der Waals surface area contributed by atoms with Crippen LogP contribution < -0.4 is 27.0 Å². The van der Waals surface area contributed by atoms with Gasteiger partial charge in [-0.05, 0) is 55.8 Å². The Kier molecular flexibility index (Phi) is 5.18. The van der Waals surface area contributed by atoms with E-state index in [0.717, 1.165) is 59.9 Å². The van der Waals surface area contributed by atoms with E-state index in [-0.39, 0.29) is 5.69 Å². The molecule has 0 aliphatic carbocycles. The van der Waals surface area contributed by atoms with Gasteiger partial charge in [0.1, 0.15) is 11.5 Å². The van der Waals surface area contributed by atoms with Gasteiger partial charge >= 0.3 is 5.69 Å². The van der Waals surface area contributed by atoms with Crippen LogP contribution >= 0.6 is 0 Å². The number of aliphatic imine (C=N–C) groups is 1. The number of hydrogen-bond acceptors (Lipinski definition) is 8. The number of hydrogen-bond donors (Lipinski definition) is 5. The monoisotopic (exact) mass is 447 g/mol. The maximum Gasteiger partial charge on any atom is 0.323 e. The number of aromatic nitrogens is 3. The molecule has 0 saturated carbocycles. The number of nitrogens with one attached hydrogen (secondary N) is 4. The number of nitrogens with zero attached hydrogens (tertiary/aromatic N) is 4. The van der Waals surface area contributed by atoms with Crippen LogP contribution in [0.15, 0.2) is 52.0 Å². The Bertz CT molecular complexity index is 1310.